The van der Waals surface area contributed by atoms with Crippen LogP contribution in [-0.4, -0.2) is 84.5 Å². The first-order chi connectivity index (χ1) is 22.4. The second-order valence-corrected chi connectivity index (χ2v) is 12.8. The van der Waals surface area contributed by atoms with Crippen LogP contribution in [-0.2, 0) is 20.5 Å². The summed E-state index contributed by atoms with van der Waals surface area (Å²) >= 11 is 13.0. The average Bonchev–Trinajstić information content (AvgIpc) is 3.04. The van der Waals surface area contributed by atoms with Crippen molar-refractivity contribution in [2.45, 2.75) is 32.4 Å². The van der Waals surface area contributed by atoms with E-state index in [1.165, 1.54) is 12.1 Å². The van der Waals surface area contributed by atoms with Gasteiger partial charge in [-0.1, -0.05) is 59.9 Å². The molecule has 0 atom stereocenters. The fraction of sp³-hybridized carbons (Fsp3) is 0.382. The van der Waals surface area contributed by atoms with Gasteiger partial charge in [-0.05, 0) is 68.2 Å². The Labute approximate surface area is 288 Å². The highest BCUT2D eigenvalue weighted by molar-refractivity contribution is 8.26. The maximum absolute atomic E-state index is 13.5. The zero-order valence-corrected chi connectivity index (χ0v) is 28.6. The highest BCUT2D eigenvalue weighted by Crippen LogP contribution is 2.38. The molecule has 254 valence electrons. The summed E-state index contributed by atoms with van der Waals surface area (Å²) in [6.45, 7) is 6.19. The third-order valence-electron chi connectivity index (χ3n) is 7.28. The van der Waals surface area contributed by atoms with E-state index in [2.05, 4.69) is 4.90 Å². The summed E-state index contributed by atoms with van der Waals surface area (Å²) in [5.41, 5.74) is 0.540. The molecule has 2 aromatic rings. The van der Waals surface area contributed by atoms with Gasteiger partial charge in [0.05, 0.1) is 29.3 Å². The molecule has 1 saturated heterocycles. The van der Waals surface area contributed by atoms with Gasteiger partial charge in [-0.15, -0.1) is 0 Å². The standard InChI is InChI=1S/C34H38ClF3N2O5S2/c1-3-24(32(42)43)8-6-4-5-7-13-39(2)33(46)47-28(23-41)21-26-20-25(29-22-27(34(36,37)38)10-11-30(29)35)9-12-31(26)45-19-16-40-14-17-44-18-15-40/h3,6,8-12,20-23H,4-5,7,13-19H2,1-2H3,(H,42,43)/b8-6-,24-3+,28-21-. The molecule has 1 fully saturated rings. The monoisotopic (exact) mass is 710 g/mol. The summed E-state index contributed by atoms with van der Waals surface area (Å²) in [5.74, 6) is -0.510. The van der Waals surface area contributed by atoms with Crippen LogP contribution < -0.4 is 4.74 Å². The van der Waals surface area contributed by atoms with Crippen LogP contribution >= 0.6 is 35.6 Å². The summed E-state index contributed by atoms with van der Waals surface area (Å²) < 4.78 is 52.4. The molecule has 0 radical (unpaired) electrons. The third-order valence-corrected chi connectivity index (χ3v) is 9.11. The molecule has 47 heavy (non-hydrogen) atoms. The van der Waals surface area contributed by atoms with E-state index in [0.29, 0.717) is 71.7 Å². The summed E-state index contributed by atoms with van der Waals surface area (Å²) in [6, 6.07) is 8.12. The smallest absolute Gasteiger partial charge is 0.416 e. The van der Waals surface area contributed by atoms with E-state index in [4.69, 9.17) is 38.4 Å². The third kappa shape index (κ3) is 12.4. The maximum Gasteiger partial charge on any atom is 0.416 e. The van der Waals surface area contributed by atoms with E-state index in [1.807, 2.05) is 18.0 Å². The van der Waals surface area contributed by atoms with Crippen molar-refractivity contribution in [2.24, 2.45) is 0 Å². The first-order valence-electron chi connectivity index (χ1n) is 15.0. The largest absolute Gasteiger partial charge is 0.492 e. The van der Waals surface area contributed by atoms with Crippen molar-refractivity contribution in [1.29, 1.82) is 0 Å². The lowest BCUT2D eigenvalue weighted by Crippen LogP contribution is -2.38. The van der Waals surface area contributed by atoms with Gasteiger partial charge in [0.1, 0.15) is 16.7 Å². The number of halogens is 4. The molecule has 0 saturated carbocycles. The van der Waals surface area contributed by atoms with E-state index in [-0.39, 0.29) is 16.2 Å². The number of hydrogen-bond donors (Lipinski definition) is 1. The number of aliphatic carboxylic acids is 1. The lowest BCUT2D eigenvalue weighted by molar-refractivity contribution is -0.137. The molecule has 7 nitrogen and oxygen atoms in total. The molecule has 1 aliphatic heterocycles. The fourth-order valence-corrected chi connectivity index (χ4v) is 5.91. The van der Waals surface area contributed by atoms with Crippen molar-refractivity contribution in [1.82, 2.24) is 9.80 Å². The molecular weight excluding hydrogens is 673 g/mol. The Balaban J connectivity index is 1.76. The van der Waals surface area contributed by atoms with Crippen molar-refractivity contribution >= 4 is 58.2 Å². The number of thiocarbonyl (C=S) groups is 1. The SMILES string of the molecule is C/C=C(\C=C/CCCCN(C)C(=S)S/C(C=O)=C\c1cc(-c2cc(C(F)(F)F)ccc2Cl)ccc1OCCN1CCOCC1)C(=O)O. The minimum Gasteiger partial charge on any atom is -0.492 e. The number of hydrogen-bond acceptors (Lipinski definition) is 7. The number of ether oxygens (including phenoxy) is 2. The van der Waals surface area contributed by atoms with Crippen LogP contribution in [0.5, 0.6) is 5.75 Å². The predicted molar refractivity (Wildman–Crippen MR) is 186 cm³/mol. The zero-order chi connectivity index (χ0) is 34.4. The van der Waals surface area contributed by atoms with Gasteiger partial charge < -0.3 is 19.5 Å². The Morgan fingerprint density at radius 3 is 2.60 bits per heavy atom. The Bertz CT molecular complexity index is 1490. The van der Waals surface area contributed by atoms with Crippen LogP contribution in [0.3, 0.4) is 0 Å². The topological polar surface area (TPSA) is 79.3 Å². The summed E-state index contributed by atoms with van der Waals surface area (Å²) in [7, 11) is 1.83. The number of alkyl halides is 3. The van der Waals surface area contributed by atoms with Crippen LogP contribution in [0.4, 0.5) is 13.2 Å². The highest BCUT2D eigenvalue weighted by Gasteiger charge is 2.31. The Hall–Kier alpha value is -3.16. The Kier molecular flexibility index (Phi) is 15.5. The summed E-state index contributed by atoms with van der Waals surface area (Å²) in [5, 5.41) is 9.24. The van der Waals surface area contributed by atoms with Gasteiger partial charge in [0.15, 0.2) is 6.29 Å². The molecule has 2 aromatic carbocycles. The van der Waals surface area contributed by atoms with E-state index in [1.54, 1.807) is 37.3 Å². The van der Waals surface area contributed by atoms with E-state index in [0.717, 1.165) is 49.8 Å². The van der Waals surface area contributed by atoms with Crippen molar-refractivity contribution in [3.05, 3.63) is 81.3 Å². The molecule has 0 unspecified atom stereocenters. The van der Waals surface area contributed by atoms with Gasteiger partial charge in [-0.3, -0.25) is 9.69 Å². The number of carbonyl (C=O) groups excluding carboxylic acids is 1. The molecule has 0 aromatic heterocycles. The van der Waals surface area contributed by atoms with Crippen molar-refractivity contribution < 1.29 is 37.3 Å². The maximum atomic E-state index is 13.5. The number of aldehydes is 1. The Morgan fingerprint density at radius 2 is 1.94 bits per heavy atom. The molecule has 0 spiro atoms. The molecule has 0 aliphatic carbocycles. The van der Waals surface area contributed by atoms with Gasteiger partial charge in [0.2, 0.25) is 0 Å². The Morgan fingerprint density at radius 1 is 1.19 bits per heavy atom. The number of rotatable bonds is 15. The van der Waals surface area contributed by atoms with Gasteiger partial charge in [0.25, 0.3) is 0 Å². The molecule has 1 aliphatic rings. The number of carboxylic acid groups (broad SMARTS) is 1. The zero-order valence-electron chi connectivity index (χ0n) is 26.2. The van der Waals surface area contributed by atoms with Gasteiger partial charge in [-0.2, -0.15) is 13.2 Å². The normalized spacial score (nSPS) is 14.8. The second kappa shape index (κ2) is 19.0. The number of thioether (sulfide) groups is 1. The van der Waals surface area contributed by atoms with Crippen LogP contribution in [0.1, 0.15) is 37.3 Å². The number of carbonyl (C=O) groups is 2. The molecule has 3 rings (SSSR count). The van der Waals surface area contributed by atoms with E-state index < -0.39 is 17.7 Å². The summed E-state index contributed by atoms with van der Waals surface area (Å²) in [4.78, 5) is 27.6. The number of nitrogens with zero attached hydrogens (tertiary/aromatic N) is 2. The van der Waals surface area contributed by atoms with Gasteiger partial charge >= 0.3 is 12.1 Å². The summed E-state index contributed by atoms with van der Waals surface area (Å²) in [6.07, 6.45) is 5.02. The molecule has 0 bridgehead atoms. The second-order valence-electron chi connectivity index (χ2n) is 10.6. The lowest BCUT2D eigenvalue weighted by Gasteiger charge is -2.26. The van der Waals surface area contributed by atoms with Crippen LogP contribution in [0.2, 0.25) is 5.02 Å². The minimum atomic E-state index is -4.54. The molecule has 1 N–H and O–H groups in total. The molecular formula is C34H38ClF3N2O5S2. The fourth-order valence-electron chi connectivity index (χ4n) is 4.62. The van der Waals surface area contributed by atoms with Crippen molar-refractivity contribution in [3.63, 3.8) is 0 Å². The number of allylic oxidation sites excluding steroid dienone is 3. The number of benzene rings is 2. The highest BCUT2D eigenvalue weighted by atomic mass is 35.5. The van der Waals surface area contributed by atoms with Gasteiger partial charge in [0, 0.05) is 49.4 Å². The van der Waals surface area contributed by atoms with Crippen molar-refractivity contribution in [3.8, 4) is 16.9 Å². The van der Waals surface area contributed by atoms with Crippen LogP contribution in [0.25, 0.3) is 17.2 Å². The van der Waals surface area contributed by atoms with Crippen molar-refractivity contribution in [2.75, 3.05) is 53.0 Å². The van der Waals surface area contributed by atoms with E-state index in [9.17, 15) is 22.8 Å². The minimum absolute atomic E-state index is 0.154. The first-order valence-corrected chi connectivity index (χ1v) is 16.6. The van der Waals surface area contributed by atoms with Gasteiger partial charge in [-0.25, -0.2) is 4.79 Å². The lowest BCUT2D eigenvalue weighted by atomic mass is 10.00. The predicted octanol–water partition coefficient (Wildman–Crippen LogP) is 7.98. The van der Waals surface area contributed by atoms with E-state index >= 15 is 0 Å². The first kappa shape index (κ1) is 38.3. The molecule has 13 heteroatoms. The average molecular weight is 711 g/mol. The molecule has 1 heterocycles. The number of carboxylic acids is 1. The van der Waals surface area contributed by atoms with Crippen LogP contribution in [0, 0.1) is 0 Å². The quantitative estimate of drug-likeness (QED) is 0.0651. The number of unbranched alkanes of at least 4 members (excludes halogenated alkanes) is 2. The number of morpholine rings is 1. The molecule has 0 amide bonds. The van der Waals surface area contributed by atoms with Crippen LogP contribution in [0.15, 0.2) is 65.1 Å².